The van der Waals surface area contributed by atoms with Crippen molar-refractivity contribution in [2.45, 2.75) is 37.7 Å². The minimum atomic E-state index is -0.0210. The lowest BCUT2D eigenvalue weighted by Crippen LogP contribution is -2.40. The van der Waals surface area contributed by atoms with Crippen LogP contribution in [0, 0.1) is 0 Å². The van der Waals surface area contributed by atoms with Crippen molar-refractivity contribution in [1.29, 1.82) is 0 Å². The molecular formula is C32H39N3O2. The quantitative estimate of drug-likeness (QED) is 0.419. The third-order valence-corrected chi connectivity index (χ3v) is 7.69. The van der Waals surface area contributed by atoms with Gasteiger partial charge in [0.05, 0.1) is 0 Å². The van der Waals surface area contributed by atoms with Gasteiger partial charge in [0.25, 0.3) is 5.91 Å². The van der Waals surface area contributed by atoms with Gasteiger partial charge in [-0.05, 0) is 68.1 Å². The first-order valence-electron chi connectivity index (χ1n) is 13.8. The molecule has 3 aromatic rings. The number of carbonyl (C=O) groups excluding carboxylic acids is 1. The number of nitrogens with one attached hydrogen (secondary N) is 1. The Balaban J connectivity index is 1.12. The van der Waals surface area contributed by atoms with E-state index in [2.05, 4.69) is 75.8 Å². The molecular weight excluding hydrogens is 458 g/mol. The van der Waals surface area contributed by atoms with Gasteiger partial charge in [-0.1, -0.05) is 66.7 Å². The van der Waals surface area contributed by atoms with E-state index in [1.807, 2.05) is 24.3 Å². The summed E-state index contributed by atoms with van der Waals surface area (Å²) in [6, 6.07) is 29.3. The zero-order valence-corrected chi connectivity index (χ0v) is 21.7. The van der Waals surface area contributed by atoms with E-state index in [1.165, 1.54) is 24.0 Å². The molecule has 5 heteroatoms. The maximum atomic E-state index is 12.7. The fraction of sp³-hybridized carbons (Fsp3) is 0.406. The topological polar surface area (TPSA) is 44.8 Å². The summed E-state index contributed by atoms with van der Waals surface area (Å²) in [5, 5.41) is 3.06. The number of hydrogen-bond donors (Lipinski definition) is 1. The van der Waals surface area contributed by atoms with Crippen LogP contribution in [-0.4, -0.2) is 67.6 Å². The molecule has 5 nitrogen and oxygen atoms in total. The van der Waals surface area contributed by atoms with Crippen molar-refractivity contribution in [2.24, 2.45) is 0 Å². The van der Waals surface area contributed by atoms with Gasteiger partial charge in [0.1, 0.15) is 11.9 Å². The molecule has 0 spiro atoms. The van der Waals surface area contributed by atoms with Crippen molar-refractivity contribution in [2.75, 3.05) is 45.8 Å². The van der Waals surface area contributed by atoms with Gasteiger partial charge in [0.2, 0.25) is 0 Å². The fourth-order valence-electron chi connectivity index (χ4n) is 5.58. The average molecular weight is 498 g/mol. The summed E-state index contributed by atoms with van der Waals surface area (Å²) >= 11 is 0. The molecule has 0 aromatic heterocycles. The second kappa shape index (κ2) is 12.9. The smallest absolute Gasteiger partial charge is 0.251 e. The van der Waals surface area contributed by atoms with Crippen LogP contribution in [-0.2, 0) is 0 Å². The molecule has 5 rings (SSSR count). The first-order valence-corrected chi connectivity index (χ1v) is 13.8. The third-order valence-electron chi connectivity index (χ3n) is 7.69. The predicted octanol–water partition coefficient (Wildman–Crippen LogP) is 5.19. The average Bonchev–Trinajstić information content (AvgIpc) is 3.47. The maximum Gasteiger partial charge on any atom is 0.251 e. The molecule has 0 atom stereocenters. The Morgan fingerprint density at radius 1 is 0.811 bits per heavy atom. The lowest BCUT2D eigenvalue weighted by molar-refractivity contribution is 0.0938. The molecule has 0 unspecified atom stereocenters. The number of amides is 1. The zero-order chi connectivity index (χ0) is 25.3. The number of ether oxygens (including phenoxy) is 1. The zero-order valence-electron chi connectivity index (χ0n) is 21.7. The van der Waals surface area contributed by atoms with Gasteiger partial charge in [-0.25, -0.2) is 0 Å². The van der Waals surface area contributed by atoms with Crippen LogP contribution in [0.1, 0.15) is 53.1 Å². The van der Waals surface area contributed by atoms with E-state index in [-0.39, 0.29) is 12.0 Å². The maximum absolute atomic E-state index is 12.7. The van der Waals surface area contributed by atoms with Crippen molar-refractivity contribution in [3.8, 4) is 5.75 Å². The van der Waals surface area contributed by atoms with Crippen LogP contribution in [0.4, 0.5) is 0 Å². The van der Waals surface area contributed by atoms with Crippen LogP contribution in [0.15, 0.2) is 84.9 Å². The molecule has 0 saturated carbocycles. The number of benzene rings is 3. The Morgan fingerprint density at radius 3 is 2.11 bits per heavy atom. The summed E-state index contributed by atoms with van der Waals surface area (Å²) in [6.45, 7) is 6.95. The number of piperidine rings is 1. The largest absolute Gasteiger partial charge is 0.490 e. The molecule has 2 aliphatic heterocycles. The molecule has 2 heterocycles. The first-order chi connectivity index (χ1) is 18.2. The van der Waals surface area contributed by atoms with Gasteiger partial charge in [0, 0.05) is 44.2 Å². The third kappa shape index (κ3) is 7.21. The number of nitrogens with zero attached hydrogens (tertiary/aromatic N) is 2. The molecule has 194 valence electrons. The van der Waals surface area contributed by atoms with Gasteiger partial charge in [-0.15, -0.1) is 0 Å². The second-order valence-corrected chi connectivity index (χ2v) is 10.3. The van der Waals surface area contributed by atoms with E-state index < -0.39 is 0 Å². The van der Waals surface area contributed by atoms with Crippen LogP contribution >= 0.6 is 0 Å². The van der Waals surface area contributed by atoms with Gasteiger partial charge in [-0.2, -0.15) is 0 Å². The molecule has 2 fully saturated rings. The van der Waals surface area contributed by atoms with Crippen LogP contribution in [0.3, 0.4) is 0 Å². The summed E-state index contributed by atoms with van der Waals surface area (Å²) in [4.78, 5) is 17.6. The predicted molar refractivity (Wildman–Crippen MR) is 149 cm³/mol. The lowest BCUT2D eigenvalue weighted by Gasteiger charge is -2.34. The van der Waals surface area contributed by atoms with E-state index in [0.29, 0.717) is 18.0 Å². The van der Waals surface area contributed by atoms with Crippen molar-refractivity contribution >= 4 is 5.91 Å². The number of hydrogen-bond acceptors (Lipinski definition) is 4. The molecule has 2 saturated heterocycles. The van der Waals surface area contributed by atoms with Crippen LogP contribution in [0.2, 0.25) is 0 Å². The summed E-state index contributed by atoms with van der Waals surface area (Å²) in [6.07, 6.45) is 4.70. The van der Waals surface area contributed by atoms with Crippen molar-refractivity contribution in [3.63, 3.8) is 0 Å². The number of carbonyl (C=O) groups is 1. The van der Waals surface area contributed by atoms with Gasteiger partial charge >= 0.3 is 0 Å². The van der Waals surface area contributed by atoms with Crippen molar-refractivity contribution in [1.82, 2.24) is 15.1 Å². The minimum Gasteiger partial charge on any atom is -0.490 e. The number of rotatable bonds is 10. The van der Waals surface area contributed by atoms with Crippen molar-refractivity contribution in [3.05, 3.63) is 102 Å². The van der Waals surface area contributed by atoms with Gasteiger partial charge in [0.15, 0.2) is 0 Å². The number of likely N-dealkylation sites (tertiary alicyclic amines) is 2. The molecule has 37 heavy (non-hydrogen) atoms. The van der Waals surface area contributed by atoms with Crippen LogP contribution in [0.5, 0.6) is 5.75 Å². The Bertz CT molecular complexity index is 1070. The van der Waals surface area contributed by atoms with Crippen LogP contribution < -0.4 is 10.1 Å². The molecule has 1 N–H and O–H groups in total. The summed E-state index contributed by atoms with van der Waals surface area (Å²) < 4.78 is 6.34. The standard InChI is InChI=1S/C32H39N3O2/c36-32(33-18-23-34-19-7-8-20-34)28-14-9-15-30(24-28)37-29-16-21-35(22-17-29)25-31(26-10-3-1-4-11-26)27-12-5-2-6-13-27/h1-6,9-15,24,29,31H,7-8,16-23,25H2,(H,33,36). The molecule has 1 amide bonds. The second-order valence-electron chi connectivity index (χ2n) is 10.3. The molecule has 3 aromatic carbocycles. The molecule has 0 radical (unpaired) electrons. The first kappa shape index (κ1) is 25.5. The van der Waals surface area contributed by atoms with Gasteiger partial charge < -0.3 is 19.9 Å². The highest BCUT2D eigenvalue weighted by atomic mass is 16.5. The Morgan fingerprint density at radius 2 is 1.46 bits per heavy atom. The Labute approximate surface area is 221 Å². The van der Waals surface area contributed by atoms with E-state index in [1.54, 1.807) is 0 Å². The minimum absolute atomic E-state index is 0.0210. The van der Waals surface area contributed by atoms with Gasteiger partial charge in [-0.3, -0.25) is 4.79 Å². The summed E-state index contributed by atoms with van der Waals surface area (Å²) in [5.74, 6) is 1.13. The molecule has 0 aliphatic carbocycles. The summed E-state index contributed by atoms with van der Waals surface area (Å²) in [5.41, 5.74) is 3.40. The SMILES string of the molecule is O=C(NCCN1CCCC1)c1cccc(OC2CCN(CC(c3ccccc3)c3ccccc3)CC2)c1. The van der Waals surface area contributed by atoms with Crippen molar-refractivity contribution < 1.29 is 9.53 Å². The molecule has 0 bridgehead atoms. The van der Waals surface area contributed by atoms with Crippen LogP contribution in [0.25, 0.3) is 0 Å². The van der Waals surface area contributed by atoms with E-state index in [0.717, 1.165) is 57.9 Å². The highest BCUT2D eigenvalue weighted by Gasteiger charge is 2.24. The highest BCUT2D eigenvalue weighted by molar-refractivity contribution is 5.94. The normalized spacial score (nSPS) is 17.2. The Kier molecular flexibility index (Phi) is 8.88. The lowest BCUT2D eigenvalue weighted by atomic mass is 9.90. The van der Waals surface area contributed by atoms with E-state index in [4.69, 9.17) is 4.74 Å². The molecule has 2 aliphatic rings. The Hall–Kier alpha value is -3.15. The van der Waals surface area contributed by atoms with E-state index in [9.17, 15) is 4.79 Å². The highest BCUT2D eigenvalue weighted by Crippen LogP contribution is 2.28. The van der Waals surface area contributed by atoms with E-state index >= 15 is 0 Å². The summed E-state index contributed by atoms with van der Waals surface area (Å²) in [7, 11) is 0. The fourth-order valence-corrected chi connectivity index (χ4v) is 5.58. The monoisotopic (exact) mass is 497 g/mol.